The topological polar surface area (TPSA) is 87.7 Å². The Bertz CT molecular complexity index is 759. The summed E-state index contributed by atoms with van der Waals surface area (Å²) in [5.74, 6) is 0.154. The van der Waals surface area contributed by atoms with E-state index < -0.39 is 5.91 Å². The lowest BCUT2D eigenvalue weighted by atomic mass is 10.1. The number of carbonyl (C=O) groups is 2. The van der Waals surface area contributed by atoms with Crippen molar-refractivity contribution >= 4 is 11.8 Å². The summed E-state index contributed by atoms with van der Waals surface area (Å²) in [6, 6.07) is 13.7. The first-order valence-electron chi connectivity index (χ1n) is 9.69. The van der Waals surface area contributed by atoms with Crippen molar-refractivity contribution in [3.63, 3.8) is 0 Å². The summed E-state index contributed by atoms with van der Waals surface area (Å²) in [6.45, 7) is 2.83. The quantitative estimate of drug-likeness (QED) is 0.430. The van der Waals surface area contributed by atoms with Crippen LogP contribution in [0.4, 0.5) is 0 Å². The molecular formula is C22H28N2O4. The number of aryl methyl sites for hydroxylation is 1. The van der Waals surface area contributed by atoms with E-state index >= 15 is 0 Å². The maximum Gasteiger partial charge on any atom is 0.269 e. The van der Waals surface area contributed by atoms with E-state index in [0.717, 1.165) is 18.6 Å². The largest absolute Gasteiger partial charge is 0.508 e. The minimum Gasteiger partial charge on any atom is -0.508 e. The molecule has 150 valence electrons. The summed E-state index contributed by atoms with van der Waals surface area (Å²) in [4.78, 5) is 24.0. The third kappa shape index (κ3) is 7.31. The molecule has 0 saturated heterocycles. The number of hydrogen-bond donors (Lipinski definition) is 3. The van der Waals surface area contributed by atoms with E-state index in [4.69, 9.17) is 4.74 Å². The average Bonchev–Trinajstić information content (AvgIpc) is 2.71. The van der Waals surface area contributed by atoms with Gasteiger partial charge in [0.25, 0.3) is 5.91 Å². The lowest BCUT2D eigenvalue weighted by Gasteiger charge is -2.09. The summed E-state index contributed by atoms with van der Waals surface area (Å²) >= 11 is 0. The zero-order chi connectivity index (χ0) is 20.2. The van der Waals surface area contributed by atoms with E-state index in [-0.39, 0.29) is 18.1 Å². The number of carbonyl (C=O) groups excluding carboxylic acids is 2. The van der Waals surface area contributed by atoms with E-state index in [9.17, 15) is 14.7 Å². The maximum atomic E-state index is 12.1. The number of nitrogens with one attached hydrogen (secondary N) is 2. The summed E-state index contributed by atoms with van der Waals surface area (Å²) in [7, 11) is 0. The van der Waals surface area contributed by atoms with E-state index in [1.54, 1.807) is 48.5 Å². The van der Waals surface area contributed by atoms with Gasteiger partial charge in [0.2, 0.25) is 5.91 Å². The smallest absolute Gasteiger partial charge is 0.269 e. The van der Waals surface area contributed by atoms with Crippen LogP contribution in [0.2, 0.25) is 0 Å². The average molecular weight is 384 g/mol. The predicted molar refractivity (Wildman–Crippen MR) is 108 cm³/mol. The second-order valence-electron chi connectivity index (χ2n) is 6.56. The van der Waals surface area contributed by atoms with E-state index in [1.807, 2.05) is 0 Å². The highest BCUT2D eigenvalue weighted by Gasteiger charge is 2.09. The van der Waals surface area contributed by atoms with Crippen molar-refractivity contribution in [2.24, 2.45) is 0 Å². The van der Waals surface area contributed by atoms with Gasteiger partial charge in [0.1, 0.15) is 11.5 Å². The van der Waals surface area contributed by atoms with E-state index in [0.29, 0.717) is 24.2 Å². The lowest BCUT2D eigenvalue weighted by molar-refractivity contribution is -0.121. The number of phenolic OH excluding ortho intramolecular Hbond substituents is 1. The van der Waals surface area contributed by atoms with Crippen LogP contribution in [-0.2, 0) is 11.2 Å². The molecule has 6 heteroatoms. The van der Waals surface area contributed by atoms with Gasteiger partial charge in [0.05, 0.1) is 6.61 Å². The molecule has 0 fully saturated rings. The van der Waals surface area contributed by atoms with Gasteiger partial charge >= 0.3 is 0 Å². The van der Waals surface area contributed by atoms with Gasteiger partial charge in [0.15, 0.2) is 0 Å². The SMILES string of the molecule is CCCCCCOc1ccc(C(=O)NNC(=O)CCc2ccccc2O)cc1. The van der Waals surface area contributed by atoms with Crippen LogP contribution in [0.5, 0.6) is 11.5 Å². The lowest BCUT2D eigenvalue weighted by Crippen LogP contribution is -2.41. The van der Waals surface area contributed by atoms with Crippen molar-refractivity contribution in [3.05, 3.63) is 59.7 Å². The molecule has 2 aromatic carbocycles. The highest BCUT2D eigenvalue weighted by Crippen LogP contribution is 2.17. The molecular weight excluding hydrogens is 356 g/mol. The Kier molecular flexibility index (Phi) is 8.85. The summed E-state index contributed by atoms with van der Waals surface area (Å²) < 4.78 is 5.65. The Morgan fingerprint density at radius 3 is 2.43 bits per heavy atom. The molecule has 0 heterocycles. The third-order valence-electron chi connectivity index (χ3n) is 4.31. The Morgan fingerprint density at radius 2 is 1.71 bits per heavy atom. The molecule has 0 aliphatic heterocycles. The van der Waals surface area contributed by atoms with Gasteiger partial charge in [-0.3, -0.25) is 20.4 Å². The number of aromatic hydroxyl groups is 1. The first-order chi connectivity index (χ1) is 13.6. The second-order valence-corrected chi connectivity index (χ2v) is 6.56. The van der Waals surface area contributed by atoms with Crippen LogP contribution in [0.25, 0.3) is 0 Å². The van der Waals surface area contributed by atoms with Crippen molar-refractivity contribution in [3.8, 4) is 11.5 Å². The van der Waals surface area contributed by atoms with Crippen LogP contribution >= 0.6 is 0 Å². The standard InChI is InChI=1S/C22H28N2O4/c1-2-3-4-7-16-28-19-13-10-18(11-14-19)22(27)24-23-21(26)15-12-17-8-5-6-9-20(17)25/h5-6,8-11,13-14,25H,2-4,7,12,15-16H2,1H3,(H,23,26)(H,24,27). The van der Waals surface area contributed by atoms with Crippen molar-refractivity contribution in [2.45, 2.75) is 45.4 Å². The number of para-hydroxylation sites is 1. The highest BCUT2D eigenvalue weighted by molar-refractivity contribution is 5.95. The molecule has 0 aromatic heterocycles. The Balaban J connectivity index is 1.70. The molecule has 0 atom stereocenters. The van der Waals surface area contributed by atoms with Gasteiger partial charge in [-0.25, -0.2) is 0 Å². The minimum absolute atomic E-state index is 0.155. The monoisotopic (exact) mass is 384 g/mol. The van der Waals surface area contributed by atoms with Gasteiger partial charge in [-0.1, -0.05) is 44.4 Å². The number of phenols is 1. The van der Waals surface area contributed by atoms with Crippen LogP contribution in [0.15, 0.2) is 48.5 Å². The van der Waals surface area contributed by atoms with Gasteiger partial charge in [-0.2, -0.15) is 0 Å². The molecule has 2 aromatic rings. The van der Waals surface area contributed by atoms with Gasteiger partial charge in [0, 0.05) is 12.0 Å². The third-order valence-corrected chi connectivity index (χ3v) is 4.31. The van der Waals surface area contributed by atoms with E-state index in [2.05, 4.69) is 17.8 Å². The molecule has 2 amide bonds. The van der Waals surface area contributed by atoms with Crippen LogP contribution in [0.1, 0.15) is 54.9 Å². The zero-order valence-corrected chi connectivity index (χ0v) is 16.2. The molecule has 2 rings (SSSR count). The first kappa shape index (κ1) is 21.3. The molecule has 0 radical (unpaired) electrons. The number of hydrazine groups is 1. The molecule has 0 bridgehead atoms. The predicted octanol–water partition coefficient (Wildman–Crippen LogP) is 3.75. The Labute approximate surface area is 165 Å². The Hall–Kier alpha value is -3.02. The van der Waals surface area contributed by atoms with Crippen molar-refractivity contribution < 1.29 is 19.4 Å². The highest BCUT2D eigenvalue weighted by atomic mass is 16.5. The number of hydrogen-bond acceptors (Lipinski definition) is 4. The van der Waals surface area contributed by atoms with Crippen LogP contribution in [0.3, 0.4) is 0 Å². The number of unbranched alkanes of at least 4 members (excludes halogenated alkanes) is 3. The van der Waals surface area contributed by atoms with Crippen molar-refractivity contribution in [1.29, 1.82) is 0 Å². The van der Waals surface area contributed by atoms with Crippen LogP contribution in [-0.4, -0.2) is 23.5 Å². The summed E-state index contributed by atoms with van der Waals surface area (Å²) in [5, 5.41) is 9.69. The van der Waals surface area contributed by atoms with Crippen molar-refractivity contribution in [1.82, 2.24) is 10.9 Å². The van der Waals surface area contributed by atoms with Gasteiger partial charge in [-0.05, 0) is 48.7 Å². The van der Waals surface area contributed by atoms with E-state index in [1.165, 1.54) is 12.8 Å². The molecule has 0 aliphatic carbocycles. The number of amides is 2. The molecule has 0 unspecified atom stereocenters. The first-order valence-corrected chi connectivity index (χ1v) is 9.69. The fraction of sp³-hybridized carbons (Fsp3) is 0.364. The molecule has 3 N–H and O–H groups in total. The molecule has 28 heavy (non-hydrogen) atoms. The second kappa shape index (κ2) is 11.6. The number of benzene rings is 2. The normalized spacial score (nSPS) is 10.3. The number of rotatable bonds is 10. The Morgan fingerprint density at radius 1 is 0.964 bits per heavy atom. The molecule has 6 nitrogen and oxygen atoms in total. The summed E-state index contributed by atoms with van der Waals surface area (Å²) in [5.41, 5.74) is 5.90. The van der Waals surface area contributed by atoms with Gasteiger partial charge < -0.3 is 9.84 Å². The van der Waals surface area contributed by atoms with Crippen molar-refractivity contribution in [2.75, 3.05) is 6.61 Å². The van der Waals surface area contributed by atoms with Gasteiger partial charge in [-0.15, -0.1) is 0 Å². The molecule has 0 saturated carbocycles. The summed E-state index contributed by atoms with van der Waals surface area (Å²) in [6.07, 6.45) is 5.11. The maximum absolute atomic E-state index is 12.1. The van der Waals surface area contributed by atoms with Crippen LogP contribution in [0, 0.1) is 0 Å². The molecule has 0 spiro atoms. The minimum atomic E-state index is -0.398. The fourth-order valence-electron chi connectivity index (χ4n) is 2.65. The number of ether oxygens (including phenoxy) is 1. The van der Waals surface area contributed by atoms with Crippen LogP contribution < -0.4 is 15.6 Å². The molecule has 0 aliphatic rings. The fourth-order valence-corrected chi connectivity index (χ4v) is 2.65. The zero-order valence-electron chi connectivity index (χ0n) is 16.2.